The lowest BCUT2D eigenvalue weighted by Crippen LogP contribution is -2.00. The van der Waals surface area contributed by atoms with Crippen LogP contribution in [0.15, 0.2) is 42.9 Å². The van der Waals surface area contributed by atoms with Gasteiger partial charge in [0.25, 0.3) is 0 Å². The Morgan fingerprint density at radius 3 is 2.86 bits per heavy atom. The Kier molecular flexibility index (Phi) is 3.70. The molecule has 6 heteroatoms. The number of ether oxygens (including phenoxy) is 1. The van der Waals surface area contributed by atoms with Gasteiger partial charge in [0.15, 0.2) is 5.82 Å². The van der Waals surface area contributed by atoms with Gasteiger partial charge >= 0.3 is 0 Å². The summed E-state index contributed by atoms with van der Waals surface area (Å²) in [5, 5.41) is 4.52. The normalized spacial score (nSPS) is 10.8. The second-order valence-corrected chi connectivity index (χ2v) is 4.57. The summed E-state index contributed by atoms with van der Waals surface area (Å²) in [6.45, 7) is 0.390. The van der Waals surface area contributed by atoms with Gasteiger partial charge in [0.1, 0.15) is 6.61 Å². The van der Waals surface area contributed by atoms with E-state index >= 15 is 0 Å². The van der Waals surface area contributed by atoms with Crippen LogP contribution in [-0.4, -0.2) is 31.8 Å². The van der Waals surface area contributed by atoms with E-state index in [2.05, 4.69) is 20.1 Å². The molecule has 0 aliphatic heterocycles. The van der Waals surface area contributed by atoms with Crippen LogP contribution in [0.2, 0.25) is 0 Å². The van der Waals surface area contributed by atoms with Crippen molar-refractivity contribution in [3.8, 4) is 22.6 Å². The average Bonchev–Trinajstić information content (AvgIpc) is 2.91. The molecule has 3 rings (SSSR count). The molecule has 0 bridgehead atoms. The Hall–Kier alpha value is -2.60. The van der Waals surface area contributed by atoms with Gasteiger partial charge in [-0.1, -0.05) is 0 Å². The largest absolute Gasteiger partial charge is 0.377 e. The summed E-state index contributed by atoms with van der Waals surface area (Å²) in [5.74, 6) is 0.652. The molecule has 0 atom stereocenters. The van der Waals surface area contributed by atoms with Crippen molar-refractivity contribution >= 4 is 0 Å². The molecular weight excluding hydrogens is 266 g/mol. The summed E-state index contributed by atoms with van der Waals surface area (Å²) in [6.07, 6.45) is 5.27. The summed E-state index contributed by atoms with van der Waals surface area (Å²) in [4.78, 5) is 12.8. The lowest BCUT2D eigenvalue weighted by Gasteiger charge is -2.03. The standard InChI is InChI=1S/C15H15N5O/c1-20-14(12-5-7-17-15(18-12)10-21-2)8-13(19-20)11-4-3-6-16-9-11/h3-9H,10H2,1-2H3. The van der Waals surface area contributed by atoms with E-state index in [0.717, 1.165) is 22.6 Å². The Labute approximate surface area is 122 Å². The average molecular weight is 281 g/mol. The molecule has 6 nitrogen and oxygen atoms in total. The topological polar surface area (TPSA) is 65.7 Å². The summed E-state index contributed by atoms with van der Waals surface area (Å²) in [7, 11) is 3.52. The number of pyridine rings is 1. The maximum Gasteiger partial charge on any atom is 0.154 e. The third kappa shape index (κ3) is 2.80. The van der Waals surface area contributed by atoms with Crippen LogP contribution in [0.25, 0.3) is 22.6 Å². The molecule has 0 aromatic carbocycles. The fourth-order valence-electron chi connectivity index (χ4n) is 2.10. The highest BCUT2D eigenvalue weighted by Gasteiger charge is 2.11. The number of hydrogen-bond acceptors (Lipinski definition) is 5. The van der Waals surface area contributed by atoms with Crippen molar-refractivity contribution in [3.63, 3.8) is 0 Å². The molecule has 0 N–H and O–H groups in total. The van der Waals surface area contributed by atoms with Crippen LogP contribution in [0.3, 0.4) is 0 Å². The number of aromatic nitrogens is 5. The smallest absolute Gasteiger partial charge is 0.154 e. The fourth-order valence-corrected chi connectivity index (χ4v) is 2.10. The van der Waals surface area contributed by atoms with Crippen molar-refractivity contribution in [2.75, 3.05) is 7.11 Å². The summed E-state index contributed by atoms with van der Waals surface area (Å²) in [6, 6.07) is 7.74. The van der Waals surface area contributed by atoms with E-state index < -0.39 is 0 Å². The molecule has 0 saturated heterocycles. The van der Waals surface area contributed by atoms with E-state index in [1.165, 1.54) is 0 Å². The zero-order valence-corrected chi connectivity index (χ0v) is 11.9. The van der Waals surface area contributed by atoms with Gasteiger partial charge in [0.2, 0.25) is 0 Å². The Balaban J connectivity index is 2.00. The fraction of sp³-hybridized carbons (Fsp3) is 0.200. The van der Waals surface area contributed by atoms with E-state index in [9.17, 15) is 0 Å². The summed E-state index contributed by atoms with van der Waals surface area (Å²) < 4.78 is 6.87. The van der Waals surface area contributed by atoms with Crippen LogP contribution in [0.1, 0.15) is 5.82 Å². The minimum atomic E-state index is 0.390. The molecule has 3 aromatic rings. The van der Waals surface area contributed by atoms with E-state index in [4.69, 9.17) is 4.74 Å². The van der Waals surface area contributed by atoms with Gasteiger partial charge in [-0.05, 0) is 24.3 Å². The molecule has 3 heterocycles. The third-order valence-electron chi connectivity index (χ3n) is 3.08. The van der Waals surface area contributed by atoms with Crippen LogP contribution >= 0.6 is 0 Å². The van der Waals surface area contributed by atoms with Gasteiger partial charge in [-0.2, -0.15) is 5.10 Å². The van der Waals surface area contributed by atoms with Crippen LogP contribution in [-0.2, 0) is 18.4 Å². The minimum Gasteiger partial charge on any atom is -0.377 e. The molecule has 0 aliphatic carbocycles. The molecule has 21 heavy (non-hydrogen) atoms. The predicted octanol–water partition coefficient (Wildman–Crippen LogP) is 2.09. The number of methoxy groups -OCH3 is 1. The molecule has 0 unspecified atom stereocenters. The van der Waals surface area contributed by atoms with E-state index in [1.54, 1.807) is 30.4 Å². The Morgan fingerprint density at radius 2 is 2.10 bits per heavy atom. The molecule has 0 aliphatic rings. The summed E-state index contributed by atoms with van der Waals surface area (Å²) in [5.41, 5.74) is 3.59. The van der Waals surface area contributed by atoms with Crippen LogP contribution in [0, 0.1) is 0 Å². The highest BCUT2D eigenvalue weighted by atomic mass is 16.5. The molecule has 0 spiro atoms. The molecule has 106 valence electrons. The molecular formula is C15H15N5O. The minimum absolute atomic E-state index is 0.390. The van der Waals surface area contributed by atoms with Crippen molar-refractivity contribution in [3.05, 3.63) is 48.7 Å². The van der Waals surface area contributed by atoms with E-state index in [-0.39, 0.29) is 0 Å². The van der Waals surface area contributed by atoms with Crippen LogP contribution in [0.4, 0.5) is 0 Å². The monoisotopic (exact) mass is 281 g/mol. The molecule has 0 saturated carbocycles. The van der Waals surface area contributed by atoms with Crippen molar-refractivity contribution in [2.45, 2.75) is 6.61 Å². The molecule has 0 fully saturated rings. The van der Waals surface area contributed by atoms with Crippen LogP contribution < -0.4 is 0 Å². The summed E-state index contributed by atoms with van der Waals surface area (Å²) >= 11 is 0. The van der Waals surface area contributed by atoms with Gasteiger partial charge in [0.05, 0.1) is 17.1 Å². The lowest BCUT2D eigenvalue weighted by molar-refractivity contribution is 0.178. The van der Waals surface area contributed by atoms with Crippen molar-refractivity contribution in [1.29, 1.82) is 0 Å². The zero-order chi connectivity index (χ0) is 14.7. The number of rotatable bonds is 4. The van der Waals surface area contributed by atoms with Gasteiger partial charge in [-0.25, -0.2) is 9.97 Å². The lowest BCUT2D eigenvalue weighted by atomic mass is 10.2. The maximum atomic E-state index is 5.07. The second-order valence-electron chi connectivity index (χ2n) is 4.57. The Morgan fingerprint density at radius 1 is 1.19 bits per heavy atom. The van der Waals surface area contributed by atoms with Gasteiger partial charge < -0.3 is 4.74 Å². The molecule has 3 aromatic heterocycles. The van der Waals surface area contributed by atoms with Crippen molar-refractivity contribution < 1.29 is 4.74 Å². The van der Waals surface area contributed by atoms with E-state index in [1.807, 2.05) is 31.3 Å². The first-order valence-corrected chi connectivity index (χ1v) is 6.53. The zero-order valence-electron chi connectivity index (χ0n) is 11.9. The number of nitrogens with zero attached hydrogens (tertiary/aromatic N) is 5. The number of aryl methyl sites for hydroxylation is 1. The van der Waals surface area contributed by atoms with Gasteiger partial charge in [0, 0.05) is 38.3 Å². The first-order valence-electron chi connectivity index (χ1n) is 6.53. The highest BCUT2D eigenvalue weighted by Crippen LogP contribution is 2.23. The van der Waals surface area contributed by atoms with Gasteiger partial charge in [-0.3, -0.25) is 9.67 Å². The SMILES string of the molecule is COCc1nccc(-c2cc(-c3cccnc3)nn2C)n1. The Bertz CT molecular complexity index is 739. The highest BCUT2D eigenvalue weighted by molar-refractivity contribution is 5.66. The van der Waals surface area contributed by atoms with Crippen molar-refractivity contribution in [2.24, 2.45) is 7.05 Å². The van der Waals surface area contributed by atoms with Crippen LogP contribution in [0.5, 0.6) is 0 Å². The molecule has 0 radical (unpaired) electrons. The first kappa shape index (κ1) is 13.4. The van der Waals surface area contributed by atoms with Crippen molar-refractivity contribution in [1.82, 2.24) is 24.7 Å². The molecule has 0 amide bonds. The predicted molar refractivity (Wildman–Crippen MR) is 78.2 cm³/mol. The second kappa shape index (κ2) is 5.80. The van der Waals surface area contributed by atoms with Gasteiger partial charge in [-0.15, -0.1) is 0 Å². The third-order valence-corrected chi connectivity index (χ3v) is 3.08. The van der Waals surface area contributed by atoms with E-state index in [0.29, 0.717) is 12.4 Å². The number of hydrogen-bond donors (Lipinski definition) is 0. The maximum absolute atomic E-state index is 5.07. The quantitative estimate of drug-likeness (QED) is 0.732. The first-order chi connectivity index (χ1) is 10.3.